The highest BCUT2D eigenvalue weighted by atomic mass is 16.5. The topological polar surface area (TPSA) is 50.1 Å². The maximum absolute atomic E-state index is 10.8. The van der Waals surface area contributed by atoms with Gasteiger partial charge in [-0.3, -0.25) is 0 Å². The molecule has 0 heterocycles. The Morgan fingerprint density at radius 1 is 1.73 bits per heavy atom. The lowest BCUT2D eigenvalue weighted by molar-refractivity contribution is -0.137. The van der Waals surface area contributed by atoms with Crippen molar-refractivity contribution in [1.82, 2.24) is 0 Å². The van der Waals surface area contributed by atoms with E-state index in [1.807, 2.05) is 6.92 Å². The fraction of sp³-hybridized carbons (Fsp3) is 0.500. The molecule has 3 heteroatoms. The van der Waals surface area contributed by atoms with Gasteiger partial charge in [-0.1, -0.05) is 19.9 Å². The molecule has 0 aromatic carbocycles. The number of esters is 1. The first kappa shape index (κ1) is 9.70. The highest BCUT2D eigenvalue weighted by Crippen LogP contribution is 2.03. The first-order chi connectivity index (χ1) is 5.22. The molecule has 0 saturated carbocycles. The number of hydrogen-bond acceptors (Lipinski definition) is 3. The predicted octanol–water partition coefficient (Wildman–Crippen LogP) is 1.41. The lowest BCUT2D eigenvalue weighted by atomic mass is 10.2. The van der Waals surface area contributed by atoms with E-state index in [0.717, 1.165) is 6.42 Å². The summed E-state index contributed by atoms with van der Waals surface area (Å²) in [4.78, 5) is 10.8. The summed E-state index contributed by atoms with van der Waals surface area (Å²) in [7, 11) is 0. The van der Waals surface area contributed by atoms with Gasteiger partial charge >= 0.3 is 5.97 Å². The van der Waals surface area contributed by atoms with E-state index >= 15 is 0 Å². The lowest BCUT2D eigenvalue weighted by Crippen LogP contribution is -2.06. The second-order valence-corrected chi connectivity index (χ2v) is 2.09. The molecule has 0 N–H and O–H groups in total. The number of hydrogen-bond donors (Lipinski definition) is 0. The molecule has 60 valence electrons. The molecular formula is C8H11NO2. The summed E-state index contributed by atoms with van der Waals surface area (Å²) >= 11 is 0. The number of nitriles is 1. The van der Waals surface area contributed by atoms with Gasteiger partial charge in [-0.15, -0.1) is 0 Å². The van der Waals surface area contributed by atoms with Gasteiger partial charge in [-0.2, -0.15) is 5.26 Å². The van der Waals surface area contributed by atoms with Crippen LogP contribution in [0.5, 0.6) is 0 Å². The van der Waals surface area contributed by atoms with Gasteiger partial charge in [0.15, 0.2) is 6.61 Å². The average Bonchev–Trinajstić information content (AvgIpc) is 2.00. The molecule has 0 saturated heterocycles. The fourth-order valence-electron chi connectivity index (χ4n) is 0.604. The normalized spacial score (nSPS) is 8.36. The number of ether oxygens (including phenoxy) is 1. The van der Waals surface area contributed by atoms with Crippen molar-refractivity contribution in [3.05, 3.63) is 12.2 Å². The van der Waals surface area contributed by atoms with Crippen LogP contribution < -0.4 is 0 Å². The molecule has 0 rings (SSSR count). The third-order valence-corrected chi connectivity index (χ3v) is 1.11. The minimum atomic E-state index is -0.464. The van der Waals surface area contributed by atoms with Crippen LogP contribution in [0.25, 0.3) is 0 Å². The van der Waals surface area contributed by atoms with E-state index in [-0.39, 0.29) is 6.61 Å². The van der Waals surface area contributed by atoms with Crippen molar-refractivity contribution in [2.75, 3.05) is 6.61 Å². The Hall–Kier alpha value is -1.30. The maximum Gasteiger partial charge on any atom is 0.334 e. The van der Waals surface area contributed by atoms with Crippen molar-refractivity contribution in [3.63, 3.8) is 0 Å². The molecule has 0 spiro atoms. The number of carbonyl (C=O) groups is 1. The van der Waals surface area contributed by atoms with Gasteiger partial charge in [0.2, 0.25) is 0 Å². The largest absolute Gasteiger partial charge is 0.447 e. The van der Waals surface area contributed by atoms with Gasteiger partial charge < -0.3 is 4.74 Å². The quantitative estimate of drug-likeness (QED) is 0.453. The van der Waals surface area contributed by atoms with Crippen molar-refractivity contribution < 1.29 is 9.53 Å². The number of rotatable bonds is 4. The third kappa shape index (κ3) is 4.15. The zero-order chi connectivity index (χ0) is 8.69. The highest BCUT2D eigenvalue weighted by molar-refractivity contribution is 5.87. The van der Waals surface area contributed by atoms with Gasteiger partial charge in [0.05, 0.1) is 0 Å². The monoisotopic (exact) mass is 153 g/mol. The summed E-state index contributed by atoms with van der Waals surface area (Å²) in [5, 5.41) is 8.07. The molecule has 0 aliphatic carbocycles. The van der Waals surface area contributed by atoms with Crippen LogP contribution in [0, 0.1) is 11.3 Å². The van der Waals surface area contributed by atoms with Crippen molar-refractivity contribution in [1.29, 1.82) is 5.26 Å². The second-order valence-electron chi connectivity index (χ2n) is 2.09. The van der Waals surface area contributed by atoms with E-state index in [1.54, 1.807) is 6.07 Å². The highest BCUT2D eigenvalue weighted by Gasteiger charge is 2.05. The van der Waals surface area contributed by atoms with Gasteiger partial charge in [-0.05, 0) is 6.42 Å². The van der Waals surface area contributed by atoms with E-state index in [1.165, 1.54) is 0 Å². The lowest BCUT2D eigenvalue weighted by Gasteiger charge is -2.00. The van der Waals surface area contributed by atoms with E-state index < -0.39 is 5.97 Å². The Labute approximate surface area is 66.3 Å². The minimum Gasteiger partial charge on any atom is -0.447 e. The average molecular weight is 153 g/mol. The maximum atomic E-state index is 10.8. The Morgan fingerprint density at radius 2 is 2.36 bits per heavy atom. The van der Waals surface area contributed by atoms with Crippen molar-refractivity contribution in [2.24, 2.45) is 0 Å². The molecule has 0 bridgehead atoms. The van der Waals surface area contributed by atoms with E-state index in [9.17, 15) is 4.79 Å². The van der Waals surface area contributed by atoms with Crippen LogP contribution in [0.15, 0.2) is 12.2 Å². The Morgan fingerprint density at radius 3 is 2.82 bits per heavy atom. The summed E-state index contributed by atoms with van der Waals surface area (Å²) in [6.07, 6.45) is 1.49. The molecule has 0 amide bonds. The molecule has 0 aliphatic rings. The predicted molar refractivity (Wildman–Crippen MR) is 40.6 cm³/mol. The summed E-state index contributed by atoms with van der Waals surface area (Å²) < 4.78 is 4.51. The third-order valence-electron chi connectivity index (χ3n) is 1.11. The van der Waals surface area contributed by atoms with Crippen LogP contribution in [-0.4, -0.2) is 12.6 Å². The van der Waals surface area contributed by atoms with Crippen LogP contribution in [0.1, 0.15) is 19.8 Å². The molecule has 11 heavy (non-hydrogen) atoms. The molecule has 0 aliphatic heterocycles. The zero-order valence-electron chi connectivity index (χ0n) is 6.59. The van der Waals surface area contributed by atoms with Gasteiger partial charge in [0, 0.05) is 5.57 Å². The zero-order valence-corrected chi connectivity index (χ0v) is 6.59. The molecule has 0 unspecified atom stereocenters. The minimum absolute atomic E-state index is 0.193. The molecule has 0 atom stereocenters. The van der Waals surface area contributed by atoms with E-state index in [4.69, 9.17) is 5.26 Å². The SMILES string of the molecule is C=C(CCC)C(=O)OCC#N. The van der Waals surface area contributed by atoms with Crippen LogP contribution in [0.2, 0.25) is 0 Å². The Kier molecular flexibility index (Phi) is 4.83. The van der Waals surface area contributed by atoms with Crippen molar-refractivity contribution in [2.45, 2.75) is 19.8 Å². The number of nitrogens with zero attached hydrogens (tertiary/aromatic N) is 1. The first-order valence-corrected chi connectivity index (χ1v) is 3.44. The molecule has 3 nitrogen and oxygen atoms in total. The smallest absolute Gasteiger partial charge is 0.334 e. The summed E-state index contributed by atoms with van der Waals surface area (Å²) in [5.74, 6) is -0.464. The van der Waals surface area contributed by atoms with Crippen molar-refractivity contribution >= 4 is 5.97 Å². The molecule has 0 aromatic heterocycles. The van der Waals surface area contributed by atoms with Gasteiger partial charge in [-0.25, -0.2) is 4.79 Å². The van der Waals surface area contributed by atoms with Crippen LogP contribution >= 0.6 is 0 Å². The standard InChI is InChI=1S/C8H11NO2/c1-3-4-7(2)8(10)11-6-5-9/h2-4,6H2,1H3. The summed E-state index contributed by atoms with van der Waals surface area (Å²) in [6, 6.07) is 1.71. The number of carbonyl (C=O) groups excluding carboxylic acids is 1. The molecule has 0 fully saturated rings. The summed E-state index contributed by atoms with van der Waals surface area (Å²) in [6.45, 7) is 5.27. The van der Waals surface area contributed by atoms with Crippen LogP contribution in [-0.2, 0) is 9.53 Å². The van der Waals surface area contributed by atoms with Crippen molar-refractivity contribution in [3.8, 4) is 6.07 Å². The van der Waals surface area contributed by atoms with E-state index in [2.05, 4.69) is 11.3 Å². The second kappa shape index (κ2) is 5.48. The van der Waals surface area contributed by atoms with Gasteiger partial charge in [0.25, 0.3) is 0 Å². The molecule has 0 aromatic rings. The summed E-state index contributed by atoms with van der Waals surface area (Å²) in [5.41, 5.74) is 0.433. The van der Waals surface area contributed by atoms with Crippen LogP contribution in [0.3, 0.4) is 0 Å². The molecule has 0 radical (unpaired) electrons. The Bertz CT molecular complexity index is 191. The molecular weight excluding hydrogens is 142 g/mol. The van der Waals surface area contributed by atoms with E-state index in [0.29, 0.717) is 12.0 Å². The Balaban J connectivity index is 3.67. The van der Waals surface area contributed by atoms with Crippen LogP contribution in [0.4, 0.5) is 0 Å². The van der Waals surface area contributed by atoms with Gasteiger partial charge in [0.1, 0.15) is 6.07 Å². The first-order valence-electron chi connectivity index (χ1n) is 3.44. The fourth-order valence-corrected chi connectivity index (χ4v) is 0.604.